The van der Waals surface area contributed by atoms with Crippen molar-refractivity contribution in [1.29, 1.82) is 0 Å². The van der Waals surface area contributed by atoms with Crippen molar-refractivity contribution < 1.29 is 8.42 Å². The summed E-state index contributed by atoms with van der Waals surface area (Å²) in [5.41, 5.74) is 3.84. The van der Waals surface area contributed by atoms with Gasteiger partial charge in [0.2, 0.25) is 10.0 Å². The van der Waals surface area contributed by atoms with Gasteiger partial charge in [-0.1, -0.05) is 35.9 Å². The molecular formula is C15H18N2O2S. The van der Waals surface area contributed by atoms with Gasteiger partial charge in [0.15, 0.2) is 0 Å². The van der Waals surface area contributed by atoms with Gasteiger partial charge in [-0.25, -0.2) is 8.42 Å². The zero-order chi connectivity index (χ0) is 14.6. The molecule has 0 aliphatic carbocycles. The maximum Gasteiger partial charge on any atom is 0.229 e. The van der Waals surface area contributed by atoms with Crippen LogP contribution in [0, 0.1) is 6.92 Å². The van der Waals surface area contributed by atoms with Crippen molar-refractivity contribution in [3.8, 4) is 0 Å². The van der Waals surface area contributed by atoms with E-state index in [-0.39, 0.29) is 0 Å². The first-order valence-electron chi connectivity index (χ1n) is 6.30. The van der Waals surface area contributed by atoms with E-state index in [9.17, 15) is 8.42 Å². The van der Waals surface area contributed by atoms with Gasteiger partial charge in [-0.2, -0.15) is 0 Å². The molecule has 0 heterocycles. The third kappa shape index (κ3) is 4.59. The lowest BCUT2D eigenvalue weighted by Crippen LogP contribution is -2.09. The molecule has 2 rings (SSSR count). The van der Waals surface area contributed by atoms with E-state index >= 15 is 0 Å². The molecule has 2 N–H and O–H groups in total. The number of nitrogens with one attached hydrogen (secondary N) is 2. The second-order valence-electron chi connectivity index (χ2n) is 4.80. The van der Waals surface area contributed by atoms with Gasteiger partial charge >= 0.3 is 0 Å². The molecule has 0 amide bonds. The average Bonchev–Trinajstić information content (AvgIpc) is 2.35. The topological polar surface area (TPSA) is 58.2 Å². The molecule has 0 aliphatic heterocycles. The normalized spacial score (nSPS) is 11.1. The molecule has 0 saturated carbocycles. The zero-order valence-corrected chi connectivity index (χ0v) is 12.4. The molecule has 0 aliphatic rings. The predicted octanol–water partition coefficient (Wildman–Crippen LogP) is 2.98. The maximum atomic E-state index is 11.2. The number of hydrogen-bond donors (Lipinski definition) is 2. The maximum absolute atomic E-state index is 11.2. The first kappa shape index (κ1) is 14.4. The van der Waals surface area contributed by atoms with E-state index in [0.29, 0.717) is 12.2 Å². The van der Waals surface area contributed by atoms with Crippen molar-refractivity contribution in [2.45, 2.75) is 13.5 Å². The predicted molar refractivity (Wildman–Crippen MR) is 83.4 cm³/mol. The van der Waals surface area contributed by atoms with Crippen LogP contribution < -0.4 is 10.0 Å². The van der Waals surface area contributed by atoms with Crippen LogP contribution in [0.5, 0.6) is 0 Å². The van der Waals surface area contributed by atoms with Crippen LogP contribution in [0.2, 0.25) is 0 Å². The number of sulfonamides is 1. The molecule has 0 bridgehead atoms. The van der Waals surface area contributed by atoms with Gasteiger partial charge in [-0.3, -0.25) is 4.72 Å². The fraction of sp³-hybridized carbons (Fsp3) is 0.200. The van der Waals surface area contributed by atoms with Gasteiger partial charge in [0, 0.05) is 12.2 Å². The van der Waals surface area contributed by atoms with Crippen molar-refractivity contribution in [1.82, 2.24) is 0 Å². The van der Waals surface area contributed by atoms with Gasteiger partial charge in [0.25, 0.3) is 0 Å². The highest BCUT2D eigenvalue weighted by atomic mass is 32.2. The molecule has 0 atom stereocenters. The first-order valence-corrected chi connectivity index (χ1v) is 8.19. The summed E-state index contributed by atoms with van der Waals surface area (Å²) < 4.78 is 24.9. The Hall–Kier alpha value is -2.01. The van der Waals surface area contributed by atoms with Gasteiger partial charge in [-0.05, 0) is 30.7 Å². The summed E-state index contributed by atoms with van der Waals surface area (Å²) in [5, 5.41) is 3.28. The van der Waals surface area contributed by atoms with Crippen molar-refractivity contribution in [3.05, 3.63) is 59.7 Å². The average molecular weight is 290 g/mol. The number of hydrogen-bond acceptors (Lipinski definition) is 3. The molecule has 0 fully saturated rings. The number of anilines is 2. The lowest BCUT2D eigenvalue weighted by Gasteiger charge is -2.09. The van der Waals surface area contributed by atoms with E-state index in [1.807, 2.05) is 18.2 Å². The summed E-state index contributed by atoms with van der Waals surface area (Å²) in [5.74, 6) is 0. The van der Waals surface area contributed by atoms with Crippen LogP contribution in [0.1, 0.15) is 11.1 Å². The van der Waals surface area contributed by atoms with Crippen LogP contribution in [0.3, 0.4) is 0 Å². The third-order valence-corrected chi connectivity index (χ3v) is 3.35. The Balaban J connectivity index is 2.05. The van der Waals surface area contributed by atoms with E-state index in [1.54, 1.807) is 12.1 Å². The highest BCUT2D eigenvalue weighted by molar-refractivity contribution is 7.92. The molecule has 5 heteroatoms. The lowest BCUT2D eigenvalue weighted by atomic mass is 10.1. The van der Waals surface area contributed by atoms with Gasteiger partial charge in [0.1, 0.15) is 0 Å². The van der Waals surface area contributed by atoms with Crippen molar-refractivity contribution in [2.24, 2.45) is 0 Å². The van der Waals surface area contributed by atoms with Crippen LogP contribution >= 0.6 is 0 Å². The minimum absolute atomic E-state index is 0.557. The van der Waals surface area contributed by atoms with E-state index in [2.05, 4.69) is 35.2 Å². The summed E-state index contributed by atoms with van der Waals surface area (Å²) in [4.78, 5) is 0. The monoisotopic (exact) mass is 290 g/mol. The molecule has 2 aromatic rings. The summed E-state index contributed by atoms with van der Waals surface area (Å²) in [7, 11) is -3.24. The van der Waals surface area contributed by atoms with Crippen LogP contribution in [-0.2, 0) is 16.6 Å². The number of aryl methyl sites for hydroxylation is 1. The molecular weight excluding hydrogens is 272 g/mol. The smallest absolute Gasteiger partial charge is 0.229 e. The fourth-order valence-corrected chi connectivity index (χ4v) is 2.49. The summed E-state index contributed by atoms with van der Waals surface area (Å²) in [6.07, 6.45) is 1.14. The molecule has 0 unspecified atom stereocenters. The molecule has 4 nitrogen and oxygen atoms in total. The summed E-state index contributed by atoms with van der Waals surface area (Å²) in [6, 6.07) is 15.5. The molecule has 20 heavy (non-hydrogen) atoms. The largest absolute Gasteiger partial charge is 0.381 e. The van der Waals surface area contributed by atoms with Gasteiger partial charge < -0.3 is 5.32 Å². The molecule has 0 radical (unpaired) electrons. The number of rotatable bonds is 5. The minimum Gasteiger partial charge on any atom is -0.381 e. The fourth-order valence-electron chi connectivity index (χ4n) is 1.93. The number of benzene rings is 2. The Morgan fingerprint density at radius 2 is 1.70 bits per heavy atom. The van der Waals surface area contributed by atoms with Gasteiger partial charge in [-0.15, -0.1) is 0 Å². The van der Waals surface area contributed by atoms with E-state index in [1.165, 1.54) is 11.1 Å². The van der Waals surface area contributed by atoms with E-state index in [0.717, 1.165) is 11.9 Å². The lowest BCUT2D eigenvalue weighted by molar-refractivity contribution is 0.607. The highest BCUT2D eigenvalue weighted by Crippen LogP contribution is 2.17. The van der Waals surface area contributed by atoms with Crippen molar-refractivity contribution >= 4 is 21.4 Å². The minimum atomic E-state index is -3.24. The van der Waals surface area contributed by atoms with Crippen LogP contribution in [0.15, 0.2) is 48.5 Å². The Bertz CT molecular complexity index is 697. The van der Waals surface area contributed by atoms with Crippen LogP contribution in [-0.4, -0.2) is 14.7 Å². The van der Waals surface area contributed by atoms with E-state index < -0.39 is 10.0 Å². The second-order valence-corrected chi connectivity index (χ2v) is 6.55. The van der Waals surface area contributed by atoms with Crippen LogP contribution in [0.4, 0.5) is 11.4 Å². The Labute approximate surface area is 119 Å². The van der Waals surface area contributed by atoms with Crippen LogP contribution in [0.25, 0.3) is 0 Å². The second kappa shape index (κ2) is 5.96. The Morgan fingerprint density at radius 1 is 1.00 bits per heavy atom. The summed E-state index contributed by atoms with van der Waals surface area (Å²) >= 11 is 0. The molecule has 0 aromatic heterocycles. The molecule has 0 saturated heterocycles. The molecule has 2 aromatic carbocycles. The van der Waals surface area contributed by atoms with E-state index in [4.69, 9.17) is 0 Å². The molecule has 106 valence electrons. The third-order valence-electron chi connectivity index (χ3n) is 2.74. The standard InChI is InChI=1S/C15H18N2O2S/c1-12-5-3-6-13(9-12)11-16-14-7-4-8-15(10-14)17-20(2,18)19/h3-10,16-17H,11H2,1-2H3. The Morgan fingerprint density at radius 3 is 2.40 bits per heavy atom. The Kier molecular flexibility index (Phi) is 4.29. The van der Waals surface area contributed by atoms with Crippen molar-refractivity contribution in [3.63, 3.8) is 0 Å². The van der Waals surface area contributed by atoms with Gasteiger partial charge in [0.05, 0.1) is 11.9 Å². The quantitative estimate of drug-likeness (QED) is 0.890. The highest BCUT2D eigenvalue weighted by Gasteiger charge is 2.02. The molecule has 0 spiro atoms. The van der Waals surface area contributed by atoms with Crippen molar-refractivity contribution in [2.75, 3.05) is 16.3 Å². The SMILES string of the molecule is Cc1cccc(CNc2cccc(NS(C)(=O)=O)c2)c1. The first-order chi connectivity index (χ1) is 9.42. The zero-order valence-electron chi connectivity index (χ0n) is 11.6. The summed E-state index contributed by atoms with van der Waals surface area (Å²) in [6.45, 7) is 2.75.